The highest BCUT2D eigenvalue weighted by atomic mass is 35.5. The minimum absolute atomic E-state index is 0.109. The largest absolute Gasteiger partial charge is 0.461 e. The summed E-state index contributed by atoms with van der Waals surface area (Å²) in [6.45, 7) is 7.46. The second-order valence-electron chi connectivity index (χ2n) is 11.6. The van der Waals surface area contributed by atoms with E-state index in [1.165, 1.54) is 6.07 Å². The monoisotopic (exact) mass is 621 g/mol. The fourth-order valence-corrected chi connectivity index (χ4v) is 6.42. The van der Waals surface area contributed by atoms with Crippen LogP contribution in [0.4, 0.5) is 4.39 Å². The predicted molar refractivity (Wildman–Crippen MR) is 159 cm³/mol. The van der Waals surface area contributed by atoms with Crippen LogP contribution in [0.5, 0.6) is 11.5 Å². The van der Waals surface area contributed by atoms with Gasteiger partial charge in [0, 0.05) is 30.2 Å². The number of hydrogen-bond acceptors (Lipinski definition) is 9. The Balaban J connectivity index is 1.07. The quantitative estimate of drug-likeness (QED) is 0.232. The fraction of sp³-hybridized carbons (Fsp3) is 0.438. The van der Waals surface area contributed by atoms with Gasteiger partial charge in [0.05, 0.1) is 31.4 Å². The molecule has 230 valence electrons. The van der Waals surface area contributed by atoms with Crippen LogP contribution in [0.25, 0.3) is 11.2 Å². The lowest BCUT2D eigenvalue weighted by Crippen LogP contribution is -2.35. The van der Waals surface area contributed by atoms with E-state index in [0.717, 1.165) is 50.3 Å². The van der Waals surface area contributed by atoms with Gasteiger partial charge in [-0.05, 0) is 69.5 Å². The predicted octanol–water partition coefficient (Wildman–Crippen LogP) is 5.61. The number of likely N-dealkylation sites (tertiary alicyclic amines) is 1. The van der Waals surface area contributed by atoms with Gasteiger partial charge in [-0.2, -0.15) is 0 Å². The summed E-state index contributed by atoms with van der Waals surface area (Å²) in [5.74, 6) is 0.124. The highest BCUT2D eigenvalue weighted by Gasteiger charge is 2.43. The molecule has 3 aliphatic heterocycles. The second kappa shape index (κ2) is 11.6. The SMILES string of the molecule is CCOC(=O)c1cc2nc(CN3CCC(c4cccc5c4OC(C)(c4ccc(Cl)cc4F)O5)CC3)n(CC3CCO3)c2nn1. The van der Waals surface area contributed by atoms with Gasteiger partial charge >= 0.3 is 5.97 Å². The molecule has 0 spiro atoms. The van der Waals surface area contributed by atoms with Crippen molar-refractivity contribution < 1.29 is 28.1 Å². The third-order valence-electron chi connectivity index (χ3n) is 8.66. The molecule has 7 rings (SSSR count). The van der Waals surface area contributed by atoms with Crippen molar-refractivity contribution >= 4 is 28.7 Å². The normalized spacial score (nSPS) is 21.9. The average molecular weight is 622 g/mol. The van der Waals surface area contributed by atoms with Crippen LogP contribution < -0.4 is 9.47 Å². The van der Waals surface area contributed by atoms with Crippen LogP contribution in [0.15, 0.2) is 42.5 Å². The van der Waals surface area contributed by atoms with Gasteiger partial charge in [0.15, 0.2) is 22.8 Å². The molecule has 0 radical (unpaired) electrons. The molecule has 0 bridgehead atoms. The Labute approximate surface area is 259 Å². The van der Waals surface area contributed by atoms with E-state index in [0.29, 0.717) is 46.3 Å². The maximum absolute atomic E-state index is 14.8. The number of hydrogen-bond donors (Lipinski definition) is 0. The van der Waals surface area contributed by atoms with Crippen LogP contribution in [0.3, 0.4) is 0 Å². The van der Waals surface area contributed by atoms with Gasteiger partial charge in [0.2, 0.25) is 0 Å². The van der Waals surface area contributed by atoms with Crippen molar-refractivity contribution in [2.45, 2.75) is 64.0 Å². The third kappa shape index (κ3) is 5.37. The highest BCUT2D eigenvalue weighted by Crippen LogP contribution is 2.49. The van der Waals surface area contributed by atoms with Gasteiger partial charge in [0.25, 0.3) is 5.79 Å². The molecule has 2 aromatic carbocycles. The lowest BCUT2D eigenvalue weighted by molar-refractivity contribution is -0.0712. The van der Waals surface area contributed by atoms with Crippen molar-refractivity contribution in [3.05, 3.63) is 75.9 Å². The Morgan fingerprint density at radius 3 is 2.68 bits per heavy atom. The Kier molecular flexibility index (Phi) is 7.63. The number of carbonyl (C=O) groups is 1. The van der Waals surface area contributed by atoms with Crippen LogP contribution in [0, 0.1) is 5.82 Å². The zero-order chi connectivity index (χ0) is 30.4. The number of piperidine rings is 1. The molecular formula is C32H33ClFN5O5. The van der Waals surface area contributed by atoms with Crippen molar-refractivity contribution in [3.63, 3.8) is 0 Å². The van der Waals surface area contributed by atoms with Gasteiger partial charge in [-0.25, -0.2) is 14.2 Å². The molecule has 2 saturated heterocycles. The maximum Gasteiger partial charge on any atom is 0.358 e. The number of imidazole rings is 1. The first-order valence-electron chi connectivity index (χ1n) is 15.0. The molecule has 0 amide bonds. The molecule has 10 nitrogen and oxygen atoms in total. The Hall–Kier alpha value is -3.80. The number of aromatic nitrogens is 4. The van der Waals surface area contributed by atoms with E-state index in [1.807, 2.05) is 12.1 Å². The third-order valence-corrected chi connectivity index (χ3v) is 8.89. The van der Waals surface area contributed by atoms with E-state index >= 15 is 0 Å². The molecule has 2 atom stereocenters. The van der Waals surface area contributed by atoms with Crippen LogP contribution in [-0.2, 0) is 28.4 Å². The molecule has 0 aliphatic carbocycles. The first-order chi connectivity index (χ1) is 21.3. The van der Waals surface area contributed by atoms with Gasteiger partial charge < -0.3 is 23.5 Å². The van der Waals surface area contributed by atoms with Gasteiger partial charge in [-0.1, -0.05) is 23.7 Å². The van der Waals surface area contributed by atoms with Crippen molar-refractivity contribution in [1.82, 2.24) is 24.6 Å². The van der Waals surface area contributed by atoms with Crippen LogP contribution in [0.2, 0.25) is 5.02 Å². The molecule has 2 aromatic heterocycles. The highest BCUT2D eigenvalue weighted by molar-refractivity contribution is 6.30. The molecule has 2 unspecified atom stereocenters. The standard InChI is InChI=1S/C32H33ClFN5O5/c1-3-41-31(40)26-16-25-30(37-36-26)39(17-21-11-14-42-21)28(35-25)18-38-12-9-19(10-13-38)22-5-4-6-27-29(22)44-32(2,43-27)23-8-7-20(33)15-24(23)34/h4-8,15-16,19,21H,3,9-14,17-18H2,1-2H3. The average Bonchev–Trinajstić information content (AvgIpc) is 3.51. The van der Waals surface area contributed by atoms with E-state index in [9.17, 15) is 9.18 Å². The van der Waals surface area contributed by atoms with Gasteiger partial charge in [0.1, 0.15) is 17.2 Å². The summed E-state index contributed by atoms with van der Waals surface area (Å²) in [5, 5.41) is 8.80. The first-order valence-corrected chi connectivity index (χ1v) is 15.4. The molecule has 4 aromatic rings. The molecule has 2 fully saturated rings. The minimum Gasteiger partial charge on any atom is -0.461 e. The van der Waals surface area contributed by atoms with E-state index < -0.39 is 17.6 Å². The smallest absolute Gasteiger partial charge is 0.358 e. The van der Waals surface area contributed by atoms with E-state index in [2.05, 4.69) is 25.7 Å². The number of esters is 1. The first kappa shape index (κ1) is 28.9. The Morgan fingerprint density at radius 1 is 1.14 bits per heavy atom. The summed E-state index contributed by atoms with van der Waals surface area (Å²) in [7, 11) is 0. The lowest BCUT2D eigenvalue weighted by atomic mass is 9.88. The number of nitrogens with zero attached hydrogens (tertiary/aromatic N) is 5. The summed E-state index contributed by atoms with van der Waals surface area (Å²) < 4.78 is 40.3. The molecule has 5 heterocycles. The van der Waals surface area contributed by atoms with Crippen molar-refractivity contribution in [1.29, 1.82) is 0 Å². The van der Waals surface area contributed by atoms with Crippen LogP contribution in [0.1, 0.15) is 66.5 Å². The lowest BCUT2D eigenvalue weighted by Gasteiger charge is -2.33. The van der Waals surface area contributed by atoms with Crippen molar-refractivity contribution in [2.75, 3.05) is 26.3 Å². The number of benzene rings is 2. The van der Waals surface area contributed by atoms with E-state index in [-0.39, 0.29) is 24.3 Å². The Morgan fingerprint density at radius 2 is 1.95 bits per heavy atom. The molecule has 0 N–H and O–H groups in total. The Bertz CT molecular complexity index is 1720. The fourth-order valence-electron chi connectivity index (χ4n) is 6.26. The summed E-state index contributed by atoms with van der Waals surface area (Å²) in [6, 6.07) is 12.1. The van der Waals surface area contributed by atoms with Crippen LogP contribution >= 0.6 is 11.6 Å². The number of rotatable bonds is 8. The topological polar surface area (TPSA) is 101 Å². The zero-order valence-corrected chi connectivity index (χ0v) is 25.3. The molecule has 44 heavy (non-hydrogen) atoms. The minimum atomic E-state index is -1.28. The van der Waals surface area contributed by atoms with Gasteiger partial charge in [-0.3, -0.25) is 4.90 Å². The summed E-state index contributed by atoms with van der Waals surface area (Å²) in [4.78, 5) is 19.5. The summed E-state index contributed by atoms with van der Waals surface area (Å²) in [5.41, 5.74) is 2.76. The van der Waals surface area contributed by atoms with E-state index in [1.54, 1.807) is 32.0 Å². The van der Waals surface area contributed by atoms with Crippen LogP contribution in [-0.4, -0.2) is 63.0 Å². The van der Waals surface area contributed by atoms with Crippen molar-refractivity contribution in [2.24, 2.45) is 0 Å². The summed E-state index contributed by atoms with van der Waals surface area (Å²) in [6.07, 6.45) is 2.91. The molecule has 12 heteroatoms. The molecule has 3 aliphatic rings. The number of ether oxygens (including phenoxy) is 4. The number of halogens is 2. The second-order valence-corrected chi connectivity index (χ2v) is 12.0. The molecular weight excluding hydrogens is 589 g/mol. The molecule has 0 saturated carbocycles. The van der Waals surface area contributed by atoms with Crippen molar-refractivity contribution in [3.8, 4) is 11.5 Å². The zero-order valence-electron chi connectivity index (χ0n) is 24.6. The summed E-state index contributed by atoms with van der Waals surface area (Å²) >= 11 is 5.98. The van der Waals surface area contributed by atoms with E-state index in [4.69, 9.17) is 35.5 Å². The number of para-hydroxylation sites is 1. The van der Waals surface area contributed by atoms with Gasteiger partial charge in [-0.15, -0.1) is 10.2 Å². The maximum atomic E-state index is 14.8. The number of fused-ring (bicyclic) bond motifs is 2. The number of carbonyl (C=O) groups excluding carboxylic acids is 1.